The molecule has 1 spiro atoms. The maximum atomic E-state index is 12.3. The Hall–Kier alpha value is -1.60. The zero-order chi connectivity index (χ0) is 14.9. The van der Waals surface area contributed by atoms with Crippen molar-refractivity contribution in [3.8, 4) is 0 Å². The predicted octanol–water partition coefficient (Wildman–Crippen LogP) is 1.46. The van der Waals surface area contributed by atoms with Crippen molar-refractivity contribution >= 4 is 23.3 Å². The summed E-state index contributed by atoms with van der Waals surface area (Å²) in [5.74, 6) is -0.0704. The molecule has 2 saturated heterocycles. The molecule has 3 amide bonds. The molecule has 3 rings (SSSR count). The minimum Gasteiger partial charge on any atom is -0.346 e. The van der Waals surface area contributed by atoms with Crippen LogP contribution in [0.15, 0.2) is 16.8 Å². The summed E-state index contributed by atoms with van der Waals surface area (Å²) in [6.07, 6.45) is 1.28. The maximum Gasteiger partial charge on any atom is 0.317 e. The van der Waals surface area contributed by atoms with Gasteiger partial charge in [0, 0.05) is 25.9 Å². The first kappa shape index (κ1) is 14.3. The van der Waals surface area contributed by atoms with Crippen molar-refractivity contribution in [3.05, 3.63) is 22.4 Å². The van der Waals surface area contributed by atoms with Crippen LogP contribution >= 0.6 is 11.3 Å². The summed E-state index contributed by atoms with van der Waals surface area (Å²) in [5.41, 5.74) is 0.570. The number of nitrogens with zero attached hydrogens (tertiary/aromatic N) is 1. The molecule has 2 aliphatic heterocycles. The van der Waals surface area contributed by atoms with E-state index in [1.54, 1.807) is 16.2 Å². The fourth-order valence-corrected chi connectivity index (χ4v) is 3.51. The lowest BCUT2D eigenvalue weighted by molar-refractivity contribution is -0.119. The van der Waals surface area contributed by atoms with E-state index in [1.807, 2.05) is 23.8 Å². The van der Waals surface area contributed by atoms with Crippen molar-refractivity contribution in [1.29, 1.82) is 0 Å². The standard InChI is InChI=1S/C14H19N3O3S/c1-10(11-2-7-21-9-11)15-13(19)17-5-3-14(4-6-17)16-12(18)8-20-14/h2,7,9-10H,3-6,8H2,1H3,(H,15,19)(H,16,18)/t10-/m0/s1. The van der Waals surface area contributed by atoms with Crippen molar-refractivity contribution in [3.63, 3.8) is 0 Å². The second-order valence-electron chi connectivity index (χ2n) is 5.55. The van der Waals surface area contributed by atoms with E-state index in [0.717, 1.165) is 5.56 Å². The van der Waals surface area contributed by atoms with Crippen LogP contribution in [-0.4, -0.2) is 42.3 Å². The van der Waals surface area contributed by atoms with E-state index in [1.165, 1.54) is 0 Å². The molecular formula is C14H19N3O3S. The number of hydrogen-bond acceptors (Lipinski definition) is 4. The summed E-state index contributed by atoms with van der Waals surface area (Å²) in [6, 6.07) is 1.96. The highest BCUT2D eigenvalue weighted by Crippen LogP contribution is 2.27. The summed E-state index contributed by atoms with van der Waals surface area (Å²) in [4.78, 5) is 25.3. The van der Waals surface area contributed by atoms with Crippen molar-refractivity contribution in [1.82, 2.24) is 15.5 Å². The fourth-order valence-electron chi connectivity index (χ4n) is 2.75. The largest absolute Gasteiger partial charge is 0.346 e. The molecule has 0 unspecified atom stereocenters. The molecule has 0 radical (unpaired) electrons. The molecule has 0 saturated carbocycles. The van der Waals surface area contributed by atoms with Gasteiger partial charge >= 0.3 is 6.03 Å². The number of rotatable bonds is 2. The highest BCUT2D eigenvalue weighted by Gasteiger charge is 2.42. The van der Waals surface area contributed by atoms with Crippen molar-refractivity contribution in [2.45, 2.75) is 31.5 Å². The molecule has 6 nitrogen and oxygen atoms in total. The summed E-state index contributed by atoms with van der Waals surface area (Å²) >= 11 is 1.62. The van der Waals surface area contributed by atoms with Gasteiger partial charge < -0.3 is 20.3 Å². The molecular weight excluding hydrogens is 290 g/mol. The van der Waals surface area contributed by atoms with E-state index >= 15 is 0 Å². The Morgan fingerprint density at radius 3 is 2.86 bits per heavy atom. The average molecular weight is 309 g/mol. The third-order valence-electron chi connectivity index (χ3n) is 4.09. The van der Waals surface area contributed by atoms with Crippen LogP contribution in [0.3, 0.4) is 0 Å². The minimum absolute atomic E-state index is 0.00192. The number of carbonyl (C=O) groups excluding carboxylic acids is 2. The van der Waals surface area contributed by atoms with Crippen LogP contribution in [0.25, 0.3) is 0 Å². The van der Waals surface area contributed by atoms with Crippen LogP contribution < -0.4 is 10.6 Å². The molecule has 0 aliphatic carbocycles. The number of hydrogen-bond donors (Lipinski definition) is 2. The van der Waals surface area contributed by atoms with Gasteiger partial charge in [0.15, 0.2) is 0 Å². The van der Waals surface area contributed by atoms with Gasteiger partial charge in [-0.25, -0.2) is 4.79 Å². The lowest BCUT2D eigenvalue weighted by Crippen LogP contribution is -2.54. The van der Waals surface area contributed by atoms with Crippen LogP contribution in [-0.2, 0) is 9.53 Å². The normalized spacial score (nSPS) is 22.1. The summed E-state index contributed by atoms with van der Waals surface area (Å²) in [5, 5.41) is 9.92. The number of ether oxygens (including phenoxy) is 1. The van der Waals surface area contributed by atoms with Gasteiger partial charge in [0.2, 0.25) is 5.91 Å². The van der Waals surface area contributed by atoms with E-state index < -0.39 is 5.72 Å². The van der Waals surface area contributed by atoms with Gasteiger partial charge in [0.1, 0.15) is 12.3 Å². The predicted molar refractivity (Wildman–Crippen MR) is 78.9 cm³/mol. The van der Waals surface area contributed by atoms with E-state index in [2.05, 4.69) is 10.6 Å². The van der Waals surface area contributed by atoms with Gasteiger partial charge in [0.05, 0.1) is 6.04 Å². The topological polar surface area (TPSA) is 70.7 Å². The van der Waals surface area contributed by atoms with Gasteiger partial charge in [-0.3, -0.25) is 4.79 Å². The van der Waals surface area contributed by atoms with E-state index in [-0.39, 0.29) is 24.6 Å². The molecule has 21 heavy (non-hydrogen) atoms. The summed E-state index contributed by atoms with van der Waals surface area (Å²) < 4.78 is 5.54. The van der Waals surface area contributed by atoms with Crippen molar-refractivity contribution in [2.75, 3.05) is 19.7 Å². The van der Waals surface area contributed by atoms with E-state index in [9.17, 15) is 9.59 Å². The quantitative estimate of drug-likeness (QED) is 0.869. The fraction of sp³-hybridized carbons (Fsp3) is 0.571. The van der Waals surface area contributed by atoms with Crippen LogP contribution in [0.2, 0.25) is 0 Å². The third kappa shape index (κ3) is 3.03. The number of carbonyl (C=O) groups is 2. The molecule has 1 aromatic heterocycles. The smallest absolute Gasteiger partial charge is 0.317 e. The SMILES string of the molecule is C[C@H](NC(=O)N1CCC2(CC1)NC(=O)CO2)c1ccsc1. The van der Waals surface area contributed by atoms with E-state index in [4.69, 9.17) is 4.74 Å². The zero-order valence-electron chi connectivity index (χ0n) is 11.9. The number of thiophene rings is 1. The average Bonchev–Trinajstić information content (AvgIpc) is 3.10. The summed E-state index contributed by atoms with van der Waals surface area (Å²) in [7, 11) is 0. The van der Waals surface area contributed by atoms with Gasteiger partial charge in [-0.05, 0) is 29.3 Å². The van der Waals surface area contributed by atoms with Crippen molar-refractivity contribution in [2.24, 2.45) is 0 Å². The van der Waals surface area contributed by atoms with Crippen LogP contribution in [0, 0.1) is 0 Å². The molecule has 2 aliphatic rings. The molecule has 114 valence electrons. The zero-order valence-corrected chi connectivity index (χ0v) is 12.7. The number of amides is 3. The molecule has 3 heterocycles. The lowest BCUT2D eigenvalue weighted by Gasteiger charge is -2.38. The lowest BCUT2D eigenvalue weighted by atomic mass is 10.0. The first-order valence-electron chi connectivity index (χ1n) is 7.10. The van der Waals surface area contributed by atoms with Gasteiger partial charge in [-0.15, -0.1) is 0 Å². The Labute approximate surface area is 127 Å². The number of piperidine rings is 1. The first-order valence-corrected chi connectivity index (χ1v) is 8.05. The Balaban J connectivity index is 1.52. The van der Waals surface area contributed by atoms with Gasteiger partial charge in [-0.2, -0.15) is 11.3 Å². The molecule has 2 N–H and O–H groups in total. The van der Waals surface area contributed by atoms with Gasteiger partial charge in [0.25, 0.3) is 0 Å². The molecule has 1 atom stereocenters. The monoisotopic (exact) mass is 309 g/mol. The maximum absolute atomic E-state index is 12.3. The Bertz CT molecular complexity index is 524. The second-order valence-corrected chi connectivity index (χ2v) is 6.33. The Morgan fingerprint density at radius 2 is 2.29 bits per heavy atom. The highest BCUT2D eigenvalue weighted by molar-refractivity contribution is 7.07. The Morgan fingerprint density at radius 1 is 1.52 bits per heavy atom. The number of likely N-dealkylation sites (tertiary alicyclic amines) is 1. The third-order valence-corrected chi connectivity index (χ3v) is 4.79. The van der Waals surface area contributed by atoms with Crippen molar-refractivity contribution < 1.29 is 14.3 Å². The number of nitrogens with one attached hydrogen (secondary N) is 2. The highest BCUT2D eigenvalue weighted by atomic mass is 32.1. The molecule has 0 aromatic carbocycles. The minimum atomic E-state index is -0.549. The number of urea groups is 1. The molecule has 7 heteroatoms. The van der Waals surface area contributed by atoms with Crippen LogP contribution in [0.1, 0.15) is 31.4 Å². The Kier molecular flexibility index (Phi) is 3.86. The van der Waals surface area contributed by atoms with Crippen LogP contribution in [0.5, 0.6) is 0 Å². The molecule has 0 bridgehead atoms. The van der Waals surface area contributed by atoms with Gasteiger partial charge in [-0.1, -0.05) is 0 Å². The van der Waals surface area contributed by atoms with Crippen LogP contribution in [0.4, 0.5) is 4.79 Å². The van der Waals surface area contributed by atoms with E-state index in [0.29, 0.717) is 25.9 Å². The first-order chi connectivity index (χ1) is 10.1. The second kappa shape index (κ2) is 5.65. The molecule has 1 aromatic rings. The summed E-state index contributed by atoms with van der Waals surface area (Å²) in [6.45, 7) is 3.28. The molecule has 2 fully saturated rings.